The maximum absolute atomic E-state index is 11.9. The molecule has 0 aliphatic heterocycles. The van der Waals surface area contributed by atoms with E-state index in [2.05, 4.69) is 0 Å². The number of hydrogen-bond acceptors (Lipinski definition) is 2. The van der Waals surface area contributed by atoms with Gasteiger partial charge in [-0.25, -0.2) is 0 Å². The molecule has 0 amide bonds. The van der Waals surface area contributed by atoms with Gasteiger partial charge in [-0.1, -0.05) is 30.7 Å². The highest BCUT2D eigenvalue weighted by molar-refractivity contribution is 7.76. The van der Waals surface area contributed by atoms with Crippen molar-refractivity contribution < 1.29 is 4.57 Å². The number of benzene rings is 1. The van der Waals surface area contributed by atoms with E-state index >= 15 is 0 Å². The van der Waals surface area contributed by atoms with Gasteiger partial charge in [-0.05, 0) is 12.1 Å². The van der Waals surface area contributed by atoms with E-state index in [0.717, 1.165) is 0 Å². The first-order valence-electron chi connectivity index (χ1n) is 3.89. The fraction of sp³-hybridized carbons (Fsp3) is 0.222. The molecule has 0 fully saturated rings. The van der Waals surface area contributed by atoms with Crippen molar-refractivity contribution in [2.75, 3.05) is 6.16 Å². The Labute approximate surface area is 82.5 Å². The normalized spacial score (nSPS) is 14.5. The van der Waals surface area contributed by atoms with Gasteiger partial charge >= 0.3 is 0 Å². The molecule has 0 aromatic heterocycles. The first-order valence-corrected chi connectivity index (χ1v) is 6.16. The van der Waals surface area contributed by atoms with Gasteiger partial charge in [0.05, 0.1) is 5.02 Å². The van der Waals surface area contributed by atoms with E-state index in [1.165, 1.54) is 0 Å². The summed E-state index contributed by atoms with van der Waals surface area (Å²) in [6.07, 6.45) is 0.327. The second kappa shape index (κ2) is 3.96. The van der Waals surface area contributed by atoms with Crippen molar-refractivity contribution in [1.82, 2.24) is 0 Å². The Bertz CT molecular complexity index is 397. The van der Waals surface area contributed by atoms with Gasteiger partial charge in [0.25, 0.3) is 0 Å². The summed E-state index contributed by atoms with van der Waals surface area (Å²) in [6.45, 7) is 1.73. The Morgan fingerprint density at radius 2 is 2.15 bits per heavy atom. The van der Waals surface area contributed by atoms with Crippen molar-refractivity contribution in [3.05, 3.63) is 29.3 Å². The van der Waals surface area contributed by atoms with E-state index in [-0.39, 0.29) is 0 Å². The van der Waals surface area contributed by atoms with Crippen molar-refractivity contribution in [1.29, 1.82) is 5.26 Å². The third-order valence-electron chi connectivity index (χ3n) is 1.85. The summed E-state index contributed by atoms with van der Waals surface area (Å²) < 4.78 is 11.9. The summed E-state index contributed by atoms with van der Waals surface area (Å²) in [5.74, 6) is 1.86. The van der Waals surface area contributed by atoms with Crippen molar-refractivity contribution in [3.8, 4) is 5.81 Å². The highest BCUT2D eigenvalue weighted by Gasteiger charge is 2.23. The van der Waals surface area contributed by atoms with Crippen LogP contribution in [0.2, 0.25) is 5.02 Å². The molecule has 68 valence electrons. The van der Waals surface area contributed by atoms with Gasteiger partial charge in [0, 0.05) is 11.5 Å². The smallest absolute Gasteiger partial charge is 0.210 e. The molecule has 0 radical (unpaired) electrons. The third-order valence-corrected chi connectivity index (χ3v) is 4.69. The summed E-state index contributed by atoms with van der Waals surface area (Å²) in [5, 5.41) is 9.68. The van der Waals surface area contributed by atoms with Crippen LogP contribution in [-0.2, 0) is 4.57 Å². The van der Waals surface area contributed by atoms with Crippen LogP contribution in [0, 0.1) is 11.1 Å². The molecule has 0 heterocycles. The van der Waals surface area contributed by atoms with Crippen LogP contribution in [0.3, 0.4) is 0 Å². The largest absolute Gasteiger partial charge is 0.303 e. The number of rotatable bonds is 2. The SMILES string of the molecule is CCP(=O)(C#N)c1ccccc1Cl. The van der Waals surface area contributed by atoms with Crippen molar-refractivity contribution in [2.45, 2.75) is 6.92 Å². The Morgan fingerprint density at radius 3 is 2.62 bits per heavy atom. The van der Waals surface area contributed by atoms with Crippen molar-refractivity contribution in [2.24, 2.45) is 0 Å². The highest BCUT2D eigenvalue weighted by atomic mass is 35.5. The van der Waals surface area contributed by atoms with E-state index in [4.69, 9.17) is 16.9 Å². The molecular formula is C9H9ClNOP. The molecule has 1 aromatic carbocycles. The van der Waals surface area contributed by atoms with Crippen molar-refractivity contribution >= 4 is 24.0 Å². The lowest BCUT2D eigenvalue weighted by molar-refractivity contribution is 0.588. The summed E-state index contributed by atoms with van der Waals surface area (Å²) >= 11 is 5.84. The number of hydrogen-bond donors (Lipinski definition) is 0. The number of halogens is 1. The Morgan fingerprint density at radius 1 is 1.54 bits per heavy atom. The lowest BCUT2D eigenvalue weighted by Gasteiger charge is -2.08. The fourth-order valence-electron chi connectivity index (χ4n) is 1.04. The Balaban J connectivity index is 3.31. The summed E-state index contributed by atoms with van der Waals surface area (Å²) in [5.41, 5.74) is 0. The van der Waals surface area contributed by atoms with Crippen LogP contribution in [0.1, 0.15) is 6.92 Å². The zero-order valence-corrected chi connectivity index (χ0v) is 8.85. The molecule has 4 heteroatoms. The summed E-state index contributed by atoms with van der Waals surface area (Å²) in [6, 6.07) is 6.79. The Kier molecular flexibility index (Phi) is 3.14. The molecule has 0 N–H and O–H groups in total. The molecular weight excluding hydrogens is 205 g/mol. The highest BCUT2D eigenvalue weighted by Crippen LogP contribution is 2.44. The molecule has 2 nitrogen and oxygen atoms in total. The molecule has 0 saturated carbocycles. The van der Waals surface area contributed by atoms with Crippen LogP contribution >= 0.6 is 18.7 Å². The predicted molar refractivity (Wildman–Crippen MR) is 54.8 cm³/mol. The third kappa shape index (κ3) is 1.94. The maximum atomic E-state index is 11.9. The van der Waals surface area contributed by atoms with E-state index in [0.29, 0.717) is 16.5 Å². The molecule has 0 saturated heterocycles. The number of nitrogens with zero attached hydrogens (tertiary/aromatic N) is 1. The number of nitriles is 1. The van der Waals surface area contributed by atoms with E-state index in [1.54, 1.807) is 31.2 Å². The minimum Gasteiger partial charge on any atom is -0.303 e. The average molecular weight is 214 g/mol. The molecule has 1 rings (SSSR count). The standard InChI is InChI=1S/C9H9ClNOP/c1-2-13(12,7-11)9-6-4-3-5-8(9)10/h3-6H,2H2,1H3. The van der Waals surface area contributed by atoms with Crippen molar-refractivity contribution in [3.63, 3.8) is 0 Å². The molecule has 0 aliphatic carbocycles. The van der Waals surface area contributed by atoms with Crippen LogP contribution in [0.5, 0.6) is 0 Å². The van der Waals surface area contributed by atoms with Gasteiger partial charge in [-0.15, -0.1) is 0 Å². The van der Waals surface area contributed by atoms with Gasteiger partial charge in [0.2, 0.25) is 7.14 Å². The van der Waals surface area contributed by atoms with Crippen LogP contribution in [-0.4, -0.2) is 6.16 Å². The summed E-state index contributed by atoms with van der Waals surface area (Å²) in [7, 11) is -2.90. The molecule has 1 atom stereocenters. The minimum absolute atomic E-state index is 0.327. The molecule has 0 spiro atoms. The van der Waals surface area contributed by atoms with Gasteiger partial charge < -0.3 is 4.57 Å². The van der Waals surface area contributed by atoms with E-state index in [1.807, 2.05) is 5.81 Å². The first kappa shape index (κ1) is 10.3. The average Bonchev–Trinajstić information content (AvgIpc) is 2.17. The van der Waals surface area contributed by atoms with Crippen LogP contribution in [0.15, 0.2) is 24.3 Å². The lowest BCUT2D eigenvalue weighted by atomic mass is 10.4. The topological polar surface area (TPSA) is 40.9 Å². The molecule has 13 heavy (non-hydrogen) atoms. The molecule has 0 bridgehead atoms. The predicted octanol–water partition coefficient (Wildman–Crippen LogP) is 2.83. The molecule has 1 aromatic rings. The maximum Gasteiger partial charge on any atom is 0.210 e. The van der Waals surface area contributed by atoms with Gasteiger partial charge in [0.15, 0.2) is 0 Å². The van der Waals surface area contributed by atoms with Gasteiger partial charge in [-0.3, -0.25) is 0 Å². The van der Waals surface area contributed by atoms with Crippen LogP contribution < -0.4 is 5.30 Å². The lowest BCUT2D eigenvalue weighted by Crippen LogP contribution is -2.06. The monoisotopic (exact) mass is 213 g/mol. The quantitative estimate of drug-likeness (QED) is 0.709. The second-order valence-electron chi connectivity index (χ2n) is 2.61. The first-order chi connectivity index (χ1) is 6.14. The van der Waals surface area contributed by atoms with E-state index < -0.39 is 7.14 Å². The Hall–Kier alpha value is -0.770. The zero-order chi connectivity index (χ0) is 9.90. The molecule has 1 unspecified atom stereocenters. The van der Waals surface area contributed by atoms with Gasteiger partial charge in [-0.2, -0.15) is 5.26 Å². The molecule has 0 aliphatic rings. The van der Waals surface area contributed by atoms with Gasteiger partial charge in [0.1, 0.15) is 5.81 Å². The fourth-order valence-corrected chi connectivity index (χ4v) is 2.92. The minimum atomic E-state index is -2.90. The van der Waals surface area contributed by atoms with E-state index in [9.17, 15) is 4.57 Å². The zero-order valence-electron chi connectivity index (χ0n) is 7.20. The summed E-state index contributed by atoms with van der Waals surface area (Å²) in [4.78, 5) is 0. The van der Waals surface area contributed by atoms with Crippen LogP contribution in [0.25, 0.3) is 0 Å². The second-order valence-corrected chi connectivity index (χ2v) is 5.81. The van der Waals surface area contributed by atoms with Crippen LogP contribution in [0.4, 0.5) is 0 Å².